The molecule has 1 atom stereocenters. The molecule has 2 aromatic heterocycles. The second kappa shape index (κ2) is 8.78. The lowest BCUT2D eigenvalue weighted by atomic mass is 9.77. The molecule has 0 amide bonds. The molecule has 172 valence electrons. The van der Waals surface area contributed by atoms with E-state index in [0.717, 1.165) is 33.4 Å². The summed E-state index contributed by atoms with van der Waals surface area (Å²) >= 11 is 0. The molecule has 0 unspecified atom stereocenters. The van der Waals surface area contributed by atoms with Gasteiger partial charge < -0.3 is 10.1 Å². The van der Waals surface area contributed by atoms with E-state index >= 15 is 0 Å². The Morgan fingerprint density at radius 2 is 1.84 bits per heavy atom. The molecule has 4 nitrogen and oxygen atoms in total. The fraction of sp³-hybridized carbons (Fsp3) is 0.481. The van der Waals surface area contributed by atoms with Crippen LogP contribution in [-0.2, 0) is 10.2 Å². The summed E-state index contributed by atoms with van der Waals surface area (Å²) < 4.78 is 14.2. The summed E-state index contributed by atoms with van der Waals surface area (Å²) in [6.45, 7) is 13.0. The molecule has 5 heteroatoms. The highest BCUT2D eigenvalue weighted by Gasteiger charge is 2.33. The predicted octanol–water partition coefficient (Wildman–Crippen LogP) is 6.40. The van der Waals surface area contributed by atoms with Gasteiger partial charge in [0.25, 0.3) is 0 Å². The van der Waals surface area contributed by atoms with Crippen LogP contribution in [0.1, 0.15) is 77.1 Å². The van der Waals surface area contributed by atoms with E-state index in [2.05, 4.69) is 35.9 Å². The summed E-state index contributed by atoms with van der Waals surface area (Å²) in [5.74, 6) is 0.246. The normalized spacial score (nSPS) is 13.7. The molecule has 0 saturated heterocycles. The molecule has 0 bridgehead atoms. The highest BCUT2D eigenvalue weighted by atomic mass is 19.1. The summed E-state index contributed by atoms with van der Waals surface area (Å²) in [5.41, 5.74) is 4.07. The van der Waals surface area contributed by atoms with Crippen LogP contribution in [0.3, 0.4) is 0 Å². The molecule has 1 aromatic carbocycles. The number of rotatable bonds is 8. The molecule has 0 aliphatic heterocycles. The third-order valence-electron chi connectivity index (χ3n) is 6.41. The maximum absolute atomic E-state index is 14.2. The number of nitrogens with one attached hydrogen (secondary N) is 1. The van der Waals surface area contributed by atoms with Gasteiger partial charge in [-0.05, 0) is 82.3 Å². The number of halogens is 1. The van der Waals surface area contributed by atoms with Crippen LogP contribution in [0.4, 0.5) is 4.39 Å². The molecule has 3 aromatic rings. The van der Waals surface area contributed by atoms with Gasteiger partial charge >= 0.3 is 0 Å². The van der Waals surface area contributed by atoms with Crippen molar-refractivity contribution in [1.29, 1.82) is 0 Å². The lowest BCUT2D eigenvalue weighted by Crippen LogP contribution is -2.35. The Kier molecular flexibility index (Phi) is 6.62. The number of fused-ring (bicyclic) bond motifs is 1. The number of H-pyrrole nitrogens is 1. The molecule has 0 fully saturated rings. The summed E-state index contributed by atoms with van der Waals surface area (Å²) in [6, 6.07) is 10.2. The Bertz CT molecular complexity index is 1120. The van der Waals surface area contributed by atoms with Gasteiger partial charge in [0, 0.05) is 40.2 Å². The number of pyridine rings is 1. The first-order valence-electron chi connectivity index (χ1n) is 11.3. The topological polar surface area (TPSA) is 66.0 Å². The molecule has 3 rings (SSSR count). The van der Waals surface area contributed by atoms with Crippen LogP contribution in [0, 0.1) is 6.92 Å². The third kappa shape index (κ3) is 4.78. The second-order valence-corrected chi connectivity index (χ2v) is 10.2. The van der Waals surface area contributed by atoms with Gasteiger partial charge in [0.05, 0.1) is 11.3 Å². The van der Waals surface area contributed by atoms with Crippen LogP contribution < -0.4 is 0 Å². The van der Waals surface area contributed by atoms with E-state index in [0.29, 0.717) is 0 Å². The van der Waals surface area contributed by atoms with E-state index in [1.165, 1.54) is 19.4 Å². The van der Waals surface area contributed by atoms with Gasteiger partial charge in [-0.3, -0.25) is 9.78 Å². The van der Waals surface area contributed by atoms with Gasteiger partial charge in [-0.1, -0.05) is 19.9 Å². The molecule has 2 heterocycles. The third-order valence-corrected chi connectivity index (χ3v) is 6.41. The van der Waals surface area contributed by atoms with Crippen molar-refractivity contribution < 1.29 is 14.3 Å². The number of aliphatic hydroxyl groups is 1. The smallest absolute Gasteiger partial charge is 0.142 e. The minimum atomic E-state index is -1.44. The van der Waals surface area contributed by atoms with Crippen LogP contribution in [0.2, 0.25) is 0 Å². The molecular weight excluding hydrogens is 403 g/mol. The van der Waals surface area contributed by atoms with Gasteiger partial charge in [0.15, 0.2) is 0 Å². The number of aromatic nitrogens is 2. The van der Waals surface area contributed by atoms with Crippen LogP contribution in [0.15, 0.2) is 36.5 Å². The van der Waals surface area contributed by atoms with Crippen molar-refractivity contribution in [3.05, 3.63) is 53.3 Å². The number of Topliss-reactive ketones (excluding diaryl/α,β-unsaturated/α-hetero) is 1. The fourth-order valence-electron chi connectivity index (χ4n) is 4.21. The minimum absolute atomic E-state index is 0.0148. The fourth-order valence-corrected chi connectivity index (χ4v) is 4.21. The Hall–Kier alpha value is -2.53. The van der Waals surface area contributed by atoms with Crippen molar-refractivity contribution in [2.75, 3.05) is 0 Å². The number of hydrogen-bond donors (Lipinski definition) is 2. The van der Waals surface area contributed by atoms with E-state index in [4.69, 9.17) is 0 Å². The molecule has 0 saturated carbocycles. The van der Waals surface area contributed by atoms with Gasteiger partial charge in [-0.15, -0.1) is 0 Å². The molecule has 0 radical (unpaired) electrons. The summed E-state index contributed by atoms with van der Waals surface area (Å²) in [5, 5.41) is 10.9. The Morgan fingerprint density at radius 1 is 1.16 bits per heavy atom. The zero-order valence-electron chi connectivity index (χ0n) is 20.2. The van der Waals surface area contributed by atoms with E-state index < -0.39 is 17.2 Å². The van der Waals surface area contributed by atoms with Crippen molar-refractivity contribution in [2.24, 2.45) is 0 Å². The second-order valence-electron chi connectivity index (χ2n) is 10.2. The first kappa shape index (κ1) is 24.1. The number of nitrogens with zero attached hydrogens (tertiary/aromatic N) is 1. The number of ketones is 1. The number of carbonyl (C=O) groups is 1. The van der Waals surface area contributed by atoms with E-state index in [1.807, 2.05) is 45.2 Å². The number of aryl methyl sites for hydroxylation is 1. The summed E-state index contributed by atoms with van der Waals surface area (Å²) in [4.78, 5) is 20.9. The average molecular weight is 439 g/mol. The van der Waals surface area contributed by atoms with E-state index in [9.17, 15) is 14.3 Å². The highest BCUT2D eigenvalue weighted by molar-refractivity contribution is 5.95. The van der Waals surface area contributed by atoms with Gasteiger partial charge in [0.2, 0.25) is 0 Å². The largest absolute Gasteiger partial charge is 0.387 e. The van der Waals surface area contributed by atoms with E-state index in [-0.39, 0.29) is 24.5 Å². The first-order chi connectivity index (χ1) is 14.8. The number of carbonyl (C=O) groups excluding carboxylic acids is 1. The van der Waals surface area contributed by atoms with Gasteiger partial charge in [-0.25, -0.2) is 4.39 Å². The molecule has 0 spiro atoms. The Morgan fingerprint density at radius 3 is 2.44 bits per heavy atom. The summed E-state index contributed by atoms with van der Waals surface area (Å²) in [6.07, 6.45) is 0.482. The first-order valence-corrected chi connectivity index (χ1v) is 11.3. The number of hydrogen-bond acceptors (Lipinski definition) is 3. The van der Waals surface area contributed by atoms with Crippen LogP contribution >= 0.6 is 0 Å². The standard InChI is InChI=1S/C27H35FN2O2/c1-16(2)24-20-15-19(26(4,5)23(31)11-10-22(28)27(6,7)32)8-9-21(20)30-25(24)18-12-13-29-17(3)14-18/h8-9,12-16,22,30,32H,10-11H2,1-7H3/t22-/m1/s1. The van der Waals surface area contributed by atoms with E-state index in [1.54, 1.807) is 0 Å². The SMILES string of the molecule is Cc1cc(-c2[nH]c3ccc(C(C)(C)C(=O)CC[C@@H](F)C(C)(C)O)cc3c2C(C)C)ccn1. The lowest BCUT2D eigenvalue weighted by molar-refractivity contribution is -0.124. The van der Waals surface area contributed by atoms with Gasteiger partial charge in [-0.2, -0.15) is 0 Å². The molecule has 0 aliphatic rings. The van der Waals surface area contributed by atoms with Crippen LogP contribution in [0.25, 0.3) is 22.2 Å². The predicted molar refractivity (Wildman–Crippen MR) is 129 cm³/mol. The van der Waals surface area contributed by atoms with Crippen molar-refractivity contribution in [3.8, 4) is 11.3 Å². The van der Waals surface area contributed by atoms with Gasteiger partial charge in [0.1, 0.15) is 12.0 Å². The van der Waals surface area contributed by atoms with Crippen molar-refractivity contribution in [2.45, 2.75) is 84.4 Å². The van der Waals surface area contributed by atoms with Crippen molar-refractivity contribution in [3.63, 3.8) is 0 Å². The maximum atomic E-state index is 14.2. The molecule has 0 aliphatic carbocycles. The maximum Gasteiger partial charge on any atom is 0.142 e. The Balaban J connectivity index is 1.99. The number of benzene rings is 1. The average Bonchev–Trinajstić information content (AvgIpc) is 3.10. The Labute approximate surface area is 190 Å². The number of aromatic amines is 1. The molecule has 32 heavy (non-hydrogen) atoms. The highest BCUT2D eigenvalue weighted by Crippen LogP contribution is 2.38. The zero-order chi connectivity index (χ0) is 23.8. The van der Waals surface area contributed by atoms with Crippen molar-refractivity contribution in [1.82, 2.24) is 9.97 Å². The summed E-state index contributed by atoms with van der Waals surface area (Å²) in [7, 11) is 0. The van der Waals surface area contributed by atoms with Crippen LogP contribution in [0.5, 0.6) is 0 Å². The van der Waals surface area contributed by atoms with Crippen LogP contribution in [-0.4, -0.2) is 32.6 Å². The quantitative estimate of drug-likeness (QED) is 0.428. The zero-order valence-corrected chi connectivity index (χ0v) is 20.2. The van der Waals surface area contributed by atoms with Crippen molar-refractivity contribution >= 4 is 16.7 Å². The lowest BCUT2D eigenvalue weighted by Gasteiger charge is -2.26. The molecule has 2 N–H and O–H groups in total. The minimum Gasteiger partial charge on any atom is -0.387 e. The molecular formula is C27H35FN2O2. The number of alkyl halides is 1. The monoisotopic (exact) mass is 438 g/mol.